The van der Waals surface area contributed by atoms with Crippen LogP contribution in [0.1, 0.15) is 18.1 Å². The number of nitro benzene ring substituents is 1. The minimum absolute atomic E-state index is 0.0563. The molecule has 148 valence electrons. The molecular formula is C20H18N4O5. The Labute approximate surface area is 166 Å². The van der Waals surface area contributed by atoms with E-state index in [1.807, 2.05) is 0 Å². The topological polar surface area (TPSA) is 114 Å². The SMILES string of the molecule is COc1ccc(C2(C)NC(=O)N(/N=C/C=C/c3ccccc3[N+](=O)[O-])C2=O)cc1. The second kappa shape index (κ2) is 7.93. The maximum atomic E-state index is 12.8. The third kappa shape index (κ3) is 3.84. The van der Waals surface area contributed by atoms with Crippen LogP contribution < -0.4 is 10.1 Å². The van der Waals surface area contributed by atoms with E-state index >= 15 is 0 Å². The molecule has 1 aliphatic heterocycles. The van der Waals surface area contributed by atoms with Crippen molar-refractivity contribution in [2.24, 2.45) is 5.10 Å². The highest BCUT2D eigenvalue weighted by molar-refractivity contribution is 6.07. The number of hydrogen-bond donors (Lipinski definition) is 1. The van der Waals surface area contributed by atoms with E-state index in [1.54, 1.807) is 49.4 Å². The molecule has 0 aliphatic carbocycles. The third-order valence-corrected chi connectivity index (χ3v) is 4.51. The fourth-order valence-electron chi connectivity index (χ4n) is 2.90. The first kappa shape index (κ1) is 19.7. The molecule has 0 saturated carbocycles. The smallest absolute Gasteiger partial charge is 0.346 e. The van der Waals surface area contributed by atoms with Gasteiger partial charge in [0.15, 0.2) is 0 Å². The number of carbonyl (C=O) groups excluding carboxylic acids is 2. The number of benzene rings is 2. The monoisotopic (exact) mass is 394 g/mol. The number of para-hydroxylation sites is 1. The summed E-state index contributed by atoms with van der Waals surface area (Å²) in [5.74, 6) is 0.0900. The Morgan fingerprint density at radius 3 is 2.52 bits per heavy atom. The molecule has 9 heteroatoms. The van der Waals surface area contributed by atoms with E-state index < -0.39 is 22.4 Å². The molecule has 1 heterocycles. The molecule has 9 nitrogen and oxygen atoms in total. The van der Waals surface area contributed by atoms with Gasteiger partial charge in [-0.3, -0.25) is 14.9 Å². The molecule has 1 unspecified atom stereocenters. The van der Waals surface area contributed by atoms with Crippen molar-refractivity contribution in [3.05, 3.63) is 75.8 Å². The van der Waals surface area contributed by atoms with Crippen LogP contribution in [0.15, 0.2) is 59.7 Å². The summed E-state index contributed by atoms with van der Waals surface area (Å²) in [5, 5.41) is 18.3. The molecule has 1 saturated heterocycles. The minimum atomic E-state index is -1.26. The zero-order chi connectivity index (χ0) is 21.0. The Balaban J connectivity index is 1.77. The van der Waals surface area contributed by atoms with Crippen LogP contribution in [0, 0.1) is 10.1 Å². The zero-order valence-electron chi connectivity index (χ0n) is 15.7. The van der Waals surface area contributed by atoms with E-state index in [1.165, 1.54) is 31.5 Å². The second-order valence-corrected chi connectivity index (χ2v) is 6.34. The largest absolute Gasteiger partial charge is 0.497 e. The van der Waals surface area contributed by atoms with Gasteiger partial charge in [0.2, 0.25) is 0 Å². The first-order valence-corrected chi connectivity index (χ1v) is 8.62. The number of urea groups is 1. The standard InChI is InChI=1S/C20H18N4O5/c1-20(15-9-11-16(29-2)12-10-15)18(25)23(19(26)22-20)21-13-5-7-14-6-3-4-8-17(14)24(27)28/h3-13H,1-2H3,(H,22,26)/b7-5+,21-13+. The lowest BCUT2D eigenvalue weighted by Gasteiger charge is -2.21. The van der Waals surface area contributed by atoms with Gasteiger partial charge in [0, 0.05) is 12.3 Å². The molecule has 3 amide bonds. The fraction of sp³-hybridized carbons (Fsp3) is 0.150. The first-order valence-electron chi connectivity index (χ1n) is 8.62. The van der Waals surface area contributed by atoms with E-state index in [2.05, 4.69) is 10.4 Å². The van der Waals surface area contributed by atoms with E-state index in [0.717, 1.165) is 5.01 Å². The van der Waals surface area contributed by atoms with Crippen LogP contribution in [0.25, 0.3) is 6.08 Å². The maximum Gasteiger partial charge on any atom is 0.346 e. The predicted octanol–water partition coefficient (Wildman–Crippen LogP) is 3.07. The van der Waals surface area contributed by atoms with Crippen LogP contribution in [0.5, 0.6) is 5.75 Å². The second-order valence-electron chi connectivity index (χ2n) is 6.34. The molecule has 0 radical (unpaired) electrons. The summed E-state index contributed by atoms with van der Waals surface area (Å²) in [5.41, 5.74) is -0.351. The van der Waals surface area contributed by atoms with Gasteiger partial charge in [0.1, 0.15) is 11.3 Å². The third-order valence-electron chi connectivity index (χ3n) is 4.51. The van der Waals surface area contributed by atoms with Crippen LogP contribution in [0.3, 0.4) is 0 Å². The number of ether oxygens (including phenoxy) is 1. The van der Waals surface area contributed by atoms with Crippen molar-refractivity contribution < 1.29 is 19.2 Å². The average Bonchev–Trinajstić information content (AvgIpc) is 2.95. The number of hydrogen-bond acceptors (Lipinski definition) is 6. The summed E-state index contributed by atoms with van der Waals surface area (Å²) in [6.45, 7) is 1.59. The number of nitrogens with one attached hydrogen (secondary N) is 1. The van der Waals surface area contributed by atoms with Crippen molar-refractivity contribution >= 4 is 29.9 Å². The Morgan fingerprint density at radius 2 is 1.86 bits per heavy atom. The first-order chi connectivity index (χ1) is 13.9. The number of allylic oxidation sites excluding steroid dienone is 1. The summed E-state index contributed by atoms with van der Waals surface area (Å²) < 4.78 is 5.10. The van der Waals surface area contributed by atoms with Gasteiger partial charge in [-0.15, -0.1) is 5.01 Å². The molecule has 0 aromatic heterocycles. The zero-order valence-corrected chi connectivity index (χ0v) is 15.7. The van der Waals surface area contributed by atoms with Crippen LogP contribution in [-0.4, -0.2) is 35.2 Å². The minimum Gasteiger partial charge on any atom is -0.497 e. The number of carbonyl (C=O) groups is 2. The normalized spacial score (nSPS) is 19.2. The van der Waals surface area contributed by atoms with E-state index in [0.29, 0.717) is 16.9 Å². The number of methoxy groups -OCH3 is 1. The van der Waals surface area contributed by atoms with E-state index in [4.69, 9.17) is 4.74 Å². The highest BCUT2D eigenvalue weighted by atomic mass is 16.6. The highest BCUT2D eigenvalue weighted by Crippen LogP contribution is 2.30. The number of nitrogens with zero attached hydrogens (tertiary/aromatic N) is 3. The molecule has 2 aromatic rings. The molecule has 1 N–H and O–H groups in total. The number of imide groups is 1. The number of amides is 3. The summed E-state index contributed by atoms with van der Waals surface area (Å²) in [6, 6.07) is 12.3. The highest BCUT2D eigenvalue weighted by Gasteiger charge is 2.49. The summed E-state index contributed by atoms with van der Waals surface area (Å²) in [6.07, 6.45) is 4.13. The van der Waals surface area contributed by atoms with Gasteiger partial charge in [-0.05, 0) is 42.8 Å². The number of rotatable bonds is 6. The molecule has 29 heavy (non-hydrogen) atoms. The molecule has 0 bridgehead atoms. The van der Waals surface area contributed by atoms with Crippen LogP contribution in [0.2, 0.25) is 0 Å². The number of nitro groups is 1. The van der Waals surface area contributed by atoms with Gasteiger partial charge < -0.3 is 10.1 Å². The van der Waals surface area contributed by atoms with Crippen molar-refractivity contribution in [1.29, 1.82) is 0 Å². The lowest BCUT2D eigenvalue weighted by molar-refractivity contribution is -0.385. The number of hydrazone groups is 1. The lowest BCUT2D eigenvalue weighted by atomic mass is 9.92. The van der Waals surface area contributed by atoms with Gasteiger partial charge in [-0.1, -0.05) is 24.3 Å². The van der Waals surface area contributed by atoms with Crippen molar-refractivity contribution in [3.8, 4) is 5.75 Å². The van der Waals surface area contributed by atoms with Gasteiger partial charge in [-0.25, -0.2) is 4.79 Å². The summed E-state index contributed by atoms with van der Waals surface area (Å²) in [7, 11) is 1.53. The van der Waals surface area contributed by atoms with Gasteiger partial charge in [0.05, 0.1) is 17.6 Å². The van der Waals surface area contributed by atoms with Gasteiger partial charge in [-0.2, -0.15) is 5.10 Å². The van der Waals surface area contributed by atoms with Crippen molar-refractivity contribution in [2.45, 2.75) is 12.5 Å². The molecule has 1 fully saturated rings. The Bertz CT molecular complexity index is 1020. The summed E-state index contributed by atoms with van der Waals surface area (Å²) in [4.78, 5) is 35.6. The molecule has 3 rings (SSSR count). The molecule has 1 atom stereocenters. The predicted molar refractivity (Wildman–Crippen MR) is 106 cm³/mol. The van der Waals surface area contributed by atoms with Crippen LogP contribution in [0.4, 0.5) is 10.5 Å². The molecular weight excluding hydrogens is 376 g/mol. The van der Waals surface area contributed by atoms with Crippen molar-refractivity contribution in [2.75, 3.05) is 7.11 Å². The van der Waals surface area contributed by atoms with Gasteiger partial charge in [0.25, 0.3) is 11.6 Å². The van der Waals surface area contributed by atoms with Crippen LogP contribution in [-0.2, 0) is 10.3 Å². The lowest BCUT2D eigenvalue weighted by Crippen LogP contribution is -2.40. The van der Waals surface area contributed by atoms with Crippen LogP contribution >= 0.6 is 0 Å². The average molecular weight is 394 g/mol. The maximum absolute atomic E-state index is 12.8. The molecule has 1 aliphatic rings. The summed E-state index contributed by atoms with van der Waals surface area (Å²) >= 11 is 0. The molecule has 2 aromatic carbocycles. The Kier molecular flexibility index (Phi) is 5.40. The Hall–Kier alpha value is -4.01. The van der Waals surface area contributed by atoms with Gasteiger partial charge >= 0.3 is 6.03 Å². The van der Waals surface area contributed by atoms with E-state index in [-0.39, 0.29) is 5.69 Å². The fourth-order valence-corrected chi connectivity index (χ4v) is 2.90. The Morgan fingerprint density at radius 1 is 1.17 bits per heavy atom. The van der Waals surface area contributed by atoms with Crippen molar-refractivity contribution in [3.63, 3.8) is 0 Å². The quantitative estimate of drug-likeness (QED) is 0.350. The molecule has 0 spiro atoms. The van der Waals surface area contributed by atoms with Crippen molar-refractivity contribution in [1.82, 2.24) is 10.3 Å². The van der Waals surface area contributed by atoms with E-state index in [9.17, 15) is 19.7 Å².